The molecule has 3 aromatic rings. The quantitative estimate of drug-likeness (QED) is 0.253. The number of halogens is 6. The van der Waals surface area contributed by atoms with E-state index in [1.165, 1.54) is 54.4 Å². The Morgan fingerprint density at radius 3 is 2.28 bits per heavy atom. The number of carbonyl (C=O) groups excluding carboxylic acids is 1. The summed E-state index contributed by atoms with van der Waals surface area (Å²) < 4.78 is 111. The molecule has 0 radical (unpaired) electrons. The highest BCUT2D eigenvalue weighted by molar-refractivity contribution is 7.91. The number of ether oxygens (including phenoxy) is 2. The predicted molar refractivity (Wildman–Crippen MR) is 152 cm³/mol. The molecule has 1 aliphatic heterocycles. The first-order valence-electron chi connectivity index (χ1n) is 13.9. The van der Waals surface area contributed by atoms with Crippen LogP contribution < -0.4 is 15.0 Å². The van der Waals surface area contributed by atoms with Crippen molar-refractivity contribution in [3.8, 4) is 11.8 Å². The van der Waals surface area contributed by atoms with Crippen LogP contribution in [0, 0.1) is 11.3 Å². The SMILES string of the molecule is CCS(=O)(=O)c1ccc([C@H](CC#N)NC(=O)c2ccc(N3C[C@H](Oc4ccc(C(F)(F)F)cc4)C[C@H]3COC(F)(F)F)nc2)cc1. The van der Waals surface area contributed by atoms with Crippen molar-refractivity contribution >= 4 is 21.6 Å². The van der Waals surface area contributed by atoms with E-state index in [0.717, 1.165) is 24.3 Å². The number of amides is 1. The van der Waals surface area contributed by atoms with E-state index in [1.807, 2.05) is 6.07 Å². The smallest absolute Gasteiger partial charge is 0.489 e. The van der Waals surface area contributed by atoms with Crippen molar-refractivity contribution in [1.29, 1.82) is 5.26 Å². The molecule has 1 aliphatic rings. The van der Waals surface area contributed by atoms with E-state index < -0.39 is 58.6 Å². The van der Waals surface area contributed by atoms with Crippen LogP contribution in [0.5, 0.6) is 5.75 Å². The number of hydrogen-bond acceptors (Lipinski definition) is 8. The van der Waals surface area contributed by atoms with Gasteiger partial charge in [-0.05, 0) is 54.1 Å². The number of anilines is 1. The fourth-order valence-corrected chi connectivity index (χ4v) is 5.74. The number of rotatable bonds is 11. The molecule has 9 nitrogen and oxygen atoms in total. The minimum atomic E-state index is -4.90. The fraction of sp³-hybridized carbons (Fsp3) is 0.367. The molecule has 2 heterocycles. The van der Waals surface area contributed by atoms with Gasteiger partial charge in [0.1, 0.15) is 17.7 Å². The van der Waals surface area contributed by atoms with E-state index in [9.17, 15) is 44.8 Å². The highest BCUT2D eigenvalue weighted by Gasteiger charge is 2.39. The number of alkyl halides is 6. The minimum absolute atomic E-state index is 0.0272. The van der Waals surface area contributed by atoms with E-state index in [2.05, 4.69) is 15.0 Å². The van der Waals surface area contributed by atoms with Crippen molar-refractivity contribution in [2.45, 2.75) is 55.4 Å². The monoisotopic (exact) mass is 670 g/mol. The van der Waals surface area contributed by atoms with Gasteiger partial charge in [-0.2, -0.15) is 18.4 Å². The molecule has 0 saturated carbocycles. The Balaban J connectivity index is 1.47. The zero-order valence-electron chi connectivity index (χ0n) is 24.2. The molecule has 0 bridgehead atoms. The maximum absolute atomic E-state index is 13.0. The lowest BCUT2D eigenvalue weighted by Gasteiger charge is -2.25. The molecular formula is C30H28F6N4O5S. The standard InChI is InChI=1S/C30H28F6N4O5S/c1-2-46(42,43)25-10-3-19(4-11-25)26(13-14-37)39-28(41)20-5-12-27(38-16-20)40-17-24(15-22(40)18-44-30(34,35)36)45-23-8-6-21(7-9-23)29(31,32)33/h3-12,16,22,24,26H,2,13,15,17-18H2,1H3,(H,39,41)/t22-,24+,26-/m0/s1. The fourth-order valence-electron chi connectivity index (χ4n) is 4.85. The average Bonchev–Trinajstić information content (AvgIpc) is 3.42. The third kappa shape index (κ3) is 8.88. The van der Waals surface area contributed by atoms with Crippen LogP contribution in [0.4, 0.5) is 32.2 Å². The summed E-state index contributed by atoms with van der Waals surface area (Å²) >= 11 is 0. The van der Waals surface area contributed by atoms with Crippen molar-refractivity contribution < 1.29 is 49.0 Å². The van der Waals surface area contributed by atoms with Gasteiger partial charge in [0.15, 0.2) is 9.84 Å². The lowest BCUT2D eigenvalue weighted by molar-refractivity contribution is -0.325. The van der Waals surface area contributed by atoms with Gasteiger partial charge in [-0.25, -0.2) is 13.4 Å². The van der Waals surface area contributed by atoms with Crippen molar-refractivity contribution in [3.63, 3.8) is 0 Å². The van der Waals surface area contributed by atoms with Crippen molar-refractivity contribution in [2.75, 3.05) is 23.8 Å². The summed E-state index contributed by atoms with van der Waals surface area (Å²) in [6, 6.07) is 12.9. The van der Waals surface area contributed by atoms with Gasteiger partial charge in [0.2, 0.25) is 0 Å². The van der Waals surface area contributed by atoms with Crippen molar-refractivity contribution in [3.05, 3.63) is 83.6 Å². The molecule has 0 unspecified atom stereocenters. The first-order chi connectivity index (χ1) is 21.6. The zero-order chi connectivity index (χ0) is 33.7. The molecule has 46 heavy (non-hydrogen) atoms. The summed E-state index contributed by atoms with van der Waals surface area (Å²) in [5.74, 6) is -0.393. The van der Waals surface area contributed by atoms with Gasteiger partial charge in [0.05, 0.1) is 59.5 Å². The van der Waals surface area contributed by atoms with E-state index >= 15 is 0 Å². The second kappa shape index (κ2) is 14.0. The number of sulfone groups is 1. The molecule has 1 fully saturated rings. The molecule has 1 N–H and O–H groups in total. The molecular weight excluding hydrogens is 642 g/mol. The van der Waals surface area contributed by atoms with Gasteiger partial charge in [0, 0.05) is 12.6 Å². The zero-order valence-corrected chi connectivity index (χ0v) is 25.0. The van der Waals surface area contributed by atoms with Crippen LogP contribution in [0.2, 0.25) is 0 Å². The Hall–Kier alpha value is -4.36. The van der Waals surface area contributed by atoms with E-state index in [0.29, 0.717) is 5.56 Å². The highest BCUT2D eigenvalue weighted by atomic mass is 32.2. The largest absolute Gasteiger partial charge is 0.522 e. The van der Waals surface area contributed by atoms with Crippen LogP contribution in [-0.2, 0) is 20.8 Å². The van der Waals surface area contributed by atoms with Gasteiger partial charge in [-0.15, -0.1) is 13.2 Å². The number of carbonyl (C=O) groups is 1. The van der Waals surface area contributed by atoms with Crippen LogP contribution in [-0.4, -0.2) is 56.7 Å². The second-order valence-corrected chi connectivity index (χ2v) is 12.6. The van der Waals surface area contributed by atoms with Crippen LogP contribution >= 0.6 is 0 Å². The van der Waals surface area contributed by atoms with Crippen LogP contribution in [0.3, 0.4) is 0 Å². The molecule has 1 saturated heterocycles. The van der Waals surface area contributed by atoms with Crippen molar-refractivity contribution in [1.82, 2.24) is 10.3 Å². The normalized spacial score (nSPS) is 17.7. The summed E-state index contributed by atoms with van der Waals surface area (Å²) in [5, 5.41) is 12.0. The lowest BCUT2D eigenvalue weighted by Crippen LogP contribution is -2.36. The van der Waals surface area contributed by atoms with E-state index in [-0.39, 0.29) is 47.2 Å². The van der Waals surface area contributed by atoms with Crippen LogP contribution in [0.1, 0.15) is 47.3 Å². The third-order valence-electron chi connectivity index (χ3n) is 7.23. The first-order valence-corrected chi connectivity index (χ1v) is 15.5. The minimum Gasteiger partial charge on any atom is -0.489 e. The third-order valence-corrected chi connectivity index (χ3v) is 8.98. The van der Waals surface area contributed by atoms with Gasteiger partial charge < -0.3 is 15.0 Å². The molecule has 1 aromatic heterocycles. The number of benzene rings is 2. The molecule has 2 aromatic carbocycles. The second-order valence-electron chi connectivity index (χ2n) is 10.3. The number of hydrogen-bond donors (Lipinski definition) is 1. The molecule has 3 atom stereocenters. The maximum Gasteiger partial charge on any atom is 0.522 e. The Bertz CT molecular complexity index is 1640. The summed E-state index contributed by atoms with van der Waals surface area (Å²) in [7, 11) is -3.44. The number of nitrogens with one attached hydrogen (secondary N) is 1. The summed E-state index contributed by atoms with van der Waals surface area (Å²) in [6.07, 6.45) is -9.04. The van der Waals surface area contributed by atoms with Gasteiger partial charge >= 0.3 is 12.5 Å². The Morgan fingerprint density at radius 2 is 1.74 bits per heavy atom. The van der Waals surface area contributed by atoms with Gasteiger partial charge in [-0.3, -0.25) is 9.53 Å². The average molecular weight is 671 g/mol. The lowest BCUT2D eigenvalue weighted by atomic mass is 10.0. The molecule has 0 spiro atoms. The van der Waals surface area contributed by atoms with Gasteiger partial charge in [-0.1, -0.05) is 19.1 Å². The Labute approximate surface area is 260 Å². The number of nitriles is 1. The summed E-state index contributed by atoms with van der Waals surface area (Å²) in [6.45, 7) is 0.769. The first kappa shape index (κ1) is 34.5. The van der Waals surface area contributed by atoms with Gasteiger partial charge in [0.25, 0.3) is 5.91 Å². The Morgan fingerprint density at radius 1 is 1.07 bits per heavy atom. The number of pyridine rings is 1. The summed E-state index contributed by atoms with van der Waals surface area (Å²) in [5.41, 5.74) is -0.299. The Kier molecular flexibility index (Phi) is 10.5. The molecule has 246 valence electrons. The molecule has 4 rings (SSSR count). The van der Waals surface area contributed by atoms with Crippen LogP contribution in [0.15, 0.2) is 71.8 Å². The highest BCUT2D eigenvalue weighted by Crippen LogP contribution is 2.33. The molecule has 1 amide bonds. The number of nitrogens with zero attached hydrogens (tertiary/aromatic N) is 3. The van der Waals surface area contributed by atoms with E-state index in [4.69, 9.17) is 4.74 Å². The molecule has 16 heteroatoms. The summed E-state index contributed by atoms with van der Waals surface area (Å²) in [4.78, 5) is 18.9. The van der Waals surface area contributed by atoms with E-state index in [1.54, 1.807) is 0 Å². The topological polar surface area (TPSA) is 122 Å². The number of aromatic nitrogens is 1. The van der Waals surface area contributed by atoms with Crippen molar-refractivity contribution in [2.24, 2.45) is 0 Å². The molecule has 0 aliphatic carbocycles. The predicted octanol–water partition coefficient (Wildman–Crippen LogP) is 5.84. The maximum atomic E-state index is 13.0. The van der Waals surface area contributed by atoms with Crippen LogP contribution in [0.25, 0.3) is 0 Å².